The Balaban J connectivity index is 2.80. The van der Waals surface area contributed by atoms with Crippen molar-refractivity contribution in [2.75, 3.05) is 0 Å². The molecule has 0 amide bonds. The third-order valence-corrected chi connectivity index (χ3v) is 2.62. The number of aliphatic hydroxyl groups excluding tert-OH is 1. The minimum atomic E-state index is 0.0792. The van der Waals surface area contributed by atoms with Crippen LogP contribution in [0.1, 0.15) is 11.3 Å². The number of thiazole rings is 1. The van der Waals surface area contributed by atoms with Crippen LogP contribution < -0.4 is 0 Å². The largest absolute Gasteiger partial charge is 0.391 e. The minimum Gasteiger partial charge on any atom is -0.391 e. The van der Waals surface area contributed by atoms with Crippen LogP contribution in [0.5, 0.6) is 0 Å². The Kier molecular flexibility index (Phi) is 1.44. The number of aromatic nitrogens is 2. The molecule has 2 aromatic heterocycles. The molecule has 11 heavy (non-hydrogen) atoms. The van der Waals surface area contributed by atoms with Gasteiger partial charge in [-0.05, 0) is 6.92 Å². The normalized spacial score (nSPS) is 11.1. The van der Waals surface area contributed by atoms with Gasteiger partial charge in [-0.3, -0.25) is 0 Å². The first-order valence-corrected chi connectivity index (χ1v) is 4.23. The topological polar surface area (TPSA) is 37.5 Å². The quantitative estimate of drug-likeness (QED) is 0.694. The Hall–Kier alpha value is -0.870. The smallest absolute Gasteiger partial charge is 0.124 e. The van der Waals surface area contributed by atoms with Crippen LogP contribution in [-0.4, -0.2) is 14.7 Å². The van der Waals surface area contributed by atoms with E-state index in [2.05, 4.69) is 5.10 Å². The Bertz CT molecular complexity index is 377. The molecule has 0 unspecified atom stereocenters. The van der Waals surface area contributed by atoms with Crippen LogP contribution in [0.2, 0.25) is 0 Å². The summed E-state index contributed by atoms with van der Waals surface area (Å²) in [6.45, 7) is 1.99. The second kappa shape index (κ2) is 2.32. The molecule has 0 saturated carbocycles. The number of rotatable bonds is 1. The van der Waals surface area contributed by atoms with Gasteiger partial charge >= 0.3 is 0 Å². The van der Waals surface area contributed by atoms with Gasteiger partial charge in [-0.2, -0.15) is 5.10 Å². The Labute approximate surface area is 67.9 Å². The van der Waals surface area contributed by atoms with Gasteiger partial charge in [0.2, 0.25) is 0 Å². The monoisotopic (exact) mass is 168 g/mol. The van der Waals surface area contributed by atoms with E-state index in [4.69, 9.17) is 5.11 Å². The van der Waals surface area contributed by atoms with Gasteiger partial charge in [-0.15, -0.1) is 11.3 Å². The van der Waals surface area contributed by atoms with E-state index in [1.54, 1.807) is 15.9 Å². The lowest BCUT2D eigenvalue weighted by Crippen LogP contribution is -1.82. The maximum atomic E-state index is 8.98. The summed E-state index contributed by atoms with van der Waals surface area (Å²) in [6.07, 6.45) is 1.90. The molecule has 3 nitrogen and oxygen atoms in total. The summed E-state index contributed by atoms with van der Waals surface area (Å²) in [7, 11) is 0. The molecule has 4 heteroatoms. The summed E-state index contributed by atoms with van der Waals surface area (Å²) in [6, 6.07) is 0. The van der Waals surface area contributed by atoms with E-state index in [0.717, 1.165) is 16.1 Å². The van der Waals surface area contributed by atoms with Crippen molar-refractivity contribution in [2.24, 2.45) is 0 Å². The Morgan fingerprint density at radius 2 is 2.55 bits per heavy atom. The van der Waals surface area contributed by atoms with Crippen LogP contribution in [0.25, 0.3) is 4.83 Å². The molecule has 0 aliphatic rings. The zero-order valence-electron chi connectivity index (χ0n) is 6.11. The zero-order chi connectivity index (χ0) is 7.84. The lowest BCUT2D eigenvalue weighted by atomic mass is 10.3. The Morgan fingerprint density at radius 1 is 1.73 bits per heavy atom. The summed E-state index contributed by atoms with van der Waals surface area (Å²) in [5, 5.41) is 15.1. The van der Waals surface area contributed by atoms with Crippen molar-refractivity contribution in [3.05, 3.63) is 22.8 Å². The number of fused-ring (bicyclic) bond motifs is 1. The van der Waals surface area contributed by atoms with Crippen LogP contribution in [0.15, 0.2) is 11.6 Å². The highest BCUT2D eigenvalue weighted by molar-refractivity contribution is 7.15. The van der Waals surface area contributed by atoms with E-state index in [1.165, 1.54) is 0 Å². The minimum absolute atomic E-state index is 0.0792. The van der Waals surface area contributed by atoms with E-state index in [0.29, 0.717) is 0 Å². The molecular formula is C7H8N2OS. The predicted molar refractivity (Wildman–Crippen MR) is 43.7 cm³/mol. The van der Waals surface area contributed by atoms with Crippen molar-refractivity contribution in [3.8, 4) is 0 Å². The first-order chi connectivity index (χ1) is 5.33. The SMILES string of the molecule is Cc1nn2ccsc2c1CO. The second-order valence-electron chi connectivity index (χ2n) is 2.37. The van der Waals surface area contributed by atoms with E-state index in [-0.39, 0.29) is 6.61 Å². The molecule has 1 N–H and O–H groups in total. The van der Waals surface area contributed by atoms with Gasteiger partial charge in [0.1, 0.15) is 4.83 Å². The molecule has 0 aliphatic heterocycles. The lowest BCUT2D eigenvalue weighted by molar-refractivity contribution is 0.282. The molecule has 2 aromatic rings. The number of hydrogen-bond acceptors (Lipinski definition) is 3. The summed E-state index contributed by atoms with van der Waals surface area (Å²) < 4.78 is 1.80. The van der Waals surface area contributed by atoms with Crippen LogP contribution in [0.3, 0.4) is 0 Å². The zero-order valence-corrected chi connectivity index (χ0v) is 6.93. The van der Waals surface area contributed by atoms with E-state index in [9.17, 15) is 0 Å². The summed E-state index contributed by atoms with van der Waals surface area (Å²) in [5.41, 5.74) is 1.86. The van der Waals surface area contributed by atoms with Gasteiger partial charge in [0.05, 0.1) is 12.3 Å². The van der Waals surface area contributed by atoms with Gasteiger partial charge < -0.3 is 5.11 Å². The summed E-state index contributed by atoms with van der Waals surface area (Å²) in [5.74, 6) is 0. The van der Waals surface area contributed by atoms with Crippen molar-refractivity contribution in [2.45, 2.75) is 13.5 Å². The fraction of sp³-hybridized carbons (Fsp3) is 0.286. The average Bonchev–Trinajstić information content (AvgIpc) is 2.46. The fourth-order valence-electron chi connectivity index (χ4n) is 1.12. The van der Waals surface area contributed by atoms with Gasteiger partial charge in [-0.1, -0.05) is 0 Å². The standard InChI is InChI=1S/C7H8N2OS/c1-5-6(4-10)7-9(8-5)2-3-11-7/h2-3,10H,4H2,1H3. The molecule has 0 bridgehead atoms. The van der Waals surface area contributed by atoms with Crippen LogP contribution in [0, 0.1) is 6.92 Å². The molecule has 2 heterocycles. The van der Waals surface area contributed by atoms with Crippen LogP contribution in [0.4, 0.5) is 0 Å². The van der Waals surface area contributed by atoms with Gasteiger partial charge in [0, 0.05) is 17.1 Å². The first-order valence-electron chi connectivity index (χ1n) is 3.35. The average molecular weight is 168 g/mol. The highest BCUT2D eigenvalue weighted by atomic mass is 32.1. The van der Waals surface area contributed by atoms with Crippen molar-refractivity contribution < 1.29 is 5.11 Å². The molecular weight excluding hydrogens is 160 g/mol. The lowest BCUT2D eigenvalue weighted by Gasteiger charge is -1.87. The van der Waals surface area contributed by atoms with Crippen molar-refractivity contribution >= 4 is 16.2 Å². The predicted octanol–water partition coefficient (Wildman–Crippen LogP) is 1.20. The third-order valence-electron chi connectivity index (χ3n) is 1.70. The highest BCUT2D eigenvalue weighted by Gasteiger charge is 2.07. The van der Waals surface area contributed by atoms with E-state index in [1.807, 2.05) is 18.5 Å². The molecule has 0 aromatic carbocycles. The Morgan fingerprint density at radius 3 is 3.27 bits per heavy atom. The van der Waals surface area contributed by atoms with Gasteiger partial charge in [0.25, 0.3) is 0 Å². The highest BCUT2D eigenvalue weighted by Crippen LogP contribution is 2.19. The molecule has 58 valence electrons. The molecule has 0 aliphatic carbocycles. The first kappa shape index (κ1) is 6.82. The van der Waals surface area contributed by atoms with Crippen LogP contribution >= 0.6 is 11.3 Å². The second-order valence-corrected chi connectivity index (χ2v) is 3.27. The third kappa shape index (κ3) is 0.868. The fourth-order valence-corrected chi connectivity index (χ4v) is 1.99. The van der Waals surface area contributed by atoms with Crippen molar-refractivity contribution in [1.29, 1.82) is 0 Å². The maximum Gasteiger partial charge on any atom is 0.124 e. The molecule has 0 fully saturated rings. The number of aliphatic hydroxyl groups is 1. The molecule has 0 atom stereocenters. The summed E-state index contributed by atoms with van der Waals surface area (Å²) in [4.78, 5) is 1.05. The van der Waals surface area contributed by atoms with E-state index < -0.39 is 0 Å². The van der Waals surface area contributed by atoms with Crippen molar-refractivity contribution in [3.63, 3.8) is 0 Å². The number of aryl methyl sites for hydroxylation is 1. The molecule has 0 spiro atoms. The maximum absolute atomic E-state index is 8.98. The van der Waals surface area contributed by atoms with Crippen LogP contribution in [-0.2, 0) is 6.61 Å². The number of nitrogens with zero attached hydrogens (tertiary/aromatic N) is 2. The van der Waals surface area contributed by atoms with Gasteiger partial charge in [-0.25, -0.2) is 4.52 Å². The van der Waals surface area contributed by atoms with Crippen molar-refractivity contribution in [1.82, 2.24) is 9.61 Å². The van der Waals surface area contributed by atoms with Gasteiger partial charge in [0.15, 0.2) is 0 Å². The number of hydrogen-bond donors (Lipinski definition) is 1. The molecule has 2 rings (SSSR count). The summed E-state index contributed by atoms with van der Waals surface area (Å²) >= 11 is 1.60. The van der Waals surface area contributed by atoms with E-state index >= 15 is 0 Å². The molecule has 0 radical (unpaired) electrons. The molecule has 0 saturated heterocycles.